The van der Waals surface area contributed by atoms with Crippen molar-refractivity contribution in [3.05, 3.63) is 53.6 Å². The number of rotatable bonds is 8. The lowest BCUT2D eigenvalue weighted by Gasteiger charge is -2.38. The second-order valence-corrected chi connectivity index (χ2v) is 10.6. The van der Waals surface area contributed by atoms with Gasteiger partial charge in [-0.3, -0.25) is 14.4 Å². The number of cyclic esters (lactones) is 1. The maximum Gasteiger partial charge on any atom is 0.313 e. The van der Waals surface area contributed by atoms with E-state index in [0.29, 0.717) is 43.1 Å². The molecular weight excluding hydrogens is 496 g/mol. The highest BCUT2D eigenvalue weighted by molar-refractivity contribution is 6.30. The molecular formula is C28H33ClN2O6. The number of aliphatic hydroxyl groups is 1. The van der Waals surface area contributed by atoms with Gasteiger partial charge in [-0.15, -0.1) is 0 Å². The lowest BCUT2D eigenvalue weighted by Crippen LogP contribution is -2.56. The number of fused-ring (bicyclic) bond motifs is 2. The first-order valence-corrected chi connectivity index (χ1v) is 13.5. The molecule has 2 saturated heterocycles. The molecule has 4 heterocycles. The summed E-state index contributed by atoms with van der Waals surface area (Å²) in [6, 6.07) is 6.10. The highest BCUT2D eigenvalue weighted by atomic mass is 35.5. The molecule has 4 aliphatic heterocycles. The number of esters is 1. The number of nitrogens with zero attached hydrogens (tertiary/aromatic N) is 2. The zero-order valence-electron chi connectivity index (χ0n) is 21.0. The Balaban J connectivity index is 1.57. The molecule has 8 nitrogen and oxygen atoms in total. The first-order valence-electron chi connectivity index (χ1n) is 13.1. The zero-order chi connectivity index (χ0) is 26.2. The summed E-state index contributed by atoms with van der Waals surface area (Å²) in [4.78, 5) is 45.0. The summed E-state index contributed by atoms with van der Waals surface area (Å²) in [5.74, 6) is -2.68. The summed E-state index contributed by atoms with van der Waals surface area (Å²) >= 11 is 6.09. The van der Waals surface area contributed by atoms with E-state index < -0.39 is 35.0 Å². The fraction of sp³-hybridized carbons (Fsp3) is 0.536. The smallest absolute Gasteiger partial charge is 0.313 e. The average Bonchev–Trinajstić information content (AvgIpc) is 3.16. The molecule has 2 amide bonds. The van der Waals surface area contributed by atoms with E-state index in [0.717, 1.165) is 12.8 Å². The number of amides is 2. The number of unbranched alkanes of at least 4 members (excludes halogenated alkanes) is 3. The molecule has 0 saturated carbocycles. The molecule has 9 heteroatoms. The molecule has 1 aromatic rings. The molecule has 5 rings (SSSR count). The second kappa shape index (κ2) is 10.2. The Morgan fingerprint density at radius 1 is 1.00 bits per heavy atom. The van der Waals surface area contributed by atoms with E-state index in [1.54, 1.807) is 40.1 Å². The van der Waals surface area contributed by atoms with Crippen LogP contribution in [0.2, 0.25) is 5.02 Å². The topological polar surface area (TPSA) is 96.4 Å². The summed E-state index contributed by atoms with van der Waals surface area (Å²) in [7, 11) is 0. The van der Waals surface area contributed by atoms with Crippen molar-refractivity contribution in [1.29, 1.82) is 0 Å². The largest absolute Gasteiger partial charge is 0.461 e. The van der Waals surface area contributed by atoms with Gasteiger partial charge >= 0.3 is 5.97 Å². The molecule has 2 fully saturated rings. The molecule has 0 aromatic heterocycles. The second-order valence-electron chi connectivity index (χ2n) is 10.2. The highest BCUT2D eigenvalue weighted by Crippen LogP contribution is 2.58. The van der Waals surface area contributed by atoms with E-state index in [1.807, 2.05) is 25.2 Å². The van der Waals surface area contributed by atoms with Gasteiger partial charge in [0, 0.05) is 30.4 Å². The van der Waals surface area contributed by atoms with Gasteiger partial charge in [0.15, 0.2) is 0 Å². The number of carbonyl (C=O) groups is 3. The molecule has 1 unspecified atom stereocenters. The zero-order valence-corrected chi connectivity index (χ0v) is 21.7. The van der Waals surface area contributed by atoms with E-state index in [-0.39, 0.29) is 25.0 Å². The Labute approximate surface area is 221 Å². The molecule has 4 aliphatic rings. The normalized spacial score (nSPS) is 32.6. The number of halogens is 1. The third-order valence-electron chi connectivity index (χ3n) is 8.14. The van der Waals surface area contributed by atoms with Crippen molar-refractivity contribution in [1.82, 2.24) is 4.90 Å². The molecule has 0 bridgehead atoms. The third kappa shape index (κ3) is 4.19. The Morgan fingerprint density at radius 2 is 1.76 bits per heavy atom. The fourth-order valence-corrected chi connectivity index (χ4v) is 6.56. The van der Waals surface area contributed by atoms with Crippen molar-refractivity contribution < 1.29 is 29.0 Å². The molecule has 198 valence electrons. The Kier molecular flexibility index (Phi) is 7.18. The van der Waals surface area contributed by atoms with Crippen molar-refractivity contribution in [2.45, 2.75) is 56.3 Å². The number of carbonyl (C=O) groups excluding carboxylic acids is 3. The lowest BCUT2D eigenvalue weighted by molar-refractivity contribution is -0.157. The predicted molar refractivity (Wildman–Crippen MR) is 138 cm³/mol. The van der Waals surface area contributed by atoms with Crippen molar-refractivity contribution in [2.75, 3.05) is 31.2 Å². The van der Waals surface area contributed by atoms with Gasteiger partial charge in [-0.2, -0.15) is 0 Å². The quantitative estimate of drug-likeness (QED) is 0.316. The first kappa shape index (κ1) is 25.9. The Bertz CT molecular complexity index is 1120. The van der Waals surface area contributed by atoms with Crippen LogP contribution >= 0.6 is 11.6 Å². The van der Waals surface area contributed by atoms with E-state index >= 15 is 0 Å². The van der Waals surface area contributed by atoms with Crippen LogP contribution in [-0.2, 0) is 23.9 Å². The molecule has 1 aromatic carbocycles. The standard InChI is InChI=1S/C28H33ClN2O6/c1-2-27-13-8-18-36-26(35)22(27)21-24(33)31(15-5-3-4-6-17-32)23-25(34)30(16-7-14-28(21,23)37-27)20-11-9-19(29)10-12-20/h7-14,21-23,32H,2-6,15-18H2,1H3/t21-,22-,23?,27+,28-/m0/s1. The Morgan fingerprint density at radius 3 is 2.49 bits per heavy atom. The van der Waals surface area contributed by atoms with Gasteiger partial charge in [-0.25, -0.2) is 0 Å². The van der Waals surface area contributed by atoms with Crippen molar-refractivity contribution >= 4 is 35.1 Å². The maximum absolute atomic E-state index is 14.3. The fourth-order valence-electron chi connectivity index (χ4n) is 6.44. The van der Waals surface area contributed by atoms with Crippen LogP contribution in [0.3, 0.4) is 0 Å². The van der Waals surface area contributed by atoms with Gasteiger partial charge in [-0.1, -0.05) is 49.6 Å². The van der Waals surface area contributed by atoms with Crippen LogP contribution in [0.4, 0.5) is 5.69 Å². The minimum Gasteiger partial charge on any atom is -0.461 e. The number of hydrogen-bond acceptors (Lipinski definition) is 6. The maximum atomic E-state index is 14.3. The van der Waals surface area contributed by atoms with Gasteiger partial charge in [0.2, 0.25) is 5.91 Å². The summed E-state index contributed by atoms with van der Waals surface area (Å²) in [5, 5.41) is 9.67. The SMILES string of the molecule is CC[C@@]12C=CCOC(=O)[C@@H]1[C@H]1C(=O)N(CCCCCCO)C3C(=O)N(c4ccc(Cl)cc4)CC=C[C@@]31O2. The number of anilines is 1. The average molecular weight is 529 g/mol. The van der Waals surface area contributed by atoms with Gasteiger partial charge in [0.05, 0.1) is 5.92 Å². The van der Waals surface area contributed by atoms with E-state index in [4.69, 9.17) is 26.2 Å². The number of hydrogen-bond donors (Lipinski definition) is 1. The summed E-state index contributed by atoms with van der Waals surface area (Å²) in [6.45, 7) is 2.85. The van der Waals surface area contributed by atoms with Crippen LogP contribution < -0.4 is 4.90 Å². The molecule has 0 aliphatic carbocycles. The monoisotopic (exact) mass is 528 g/mol. The van der Waals surface area contributed by atoms with Gasteiger partial charge in [0.1, 0.15) is 29.8 Å². The van der Waals surface area contributed by atoms with Crippen LogP contribution in [0.5, 0.6) is 0 Å². The van der Waals surface area contributed by atoms with Crippen LogP contribution in [-0.4, -0.2) is 71.3 Å². The van der Waals surface area contributed by atoms with Crippen LogP contribution in [0.15, 0.2) is 48.6 Å². The van der Waals surface area contributed by atoms with Crippen molar-refractivity contribution in [3.8, 4) is 0 Å². The molecule has 1 spiro atoms. The summed E-state index contributed by atoms with van der Waals surface area (Å²) < 4.78 is 12.3. The molecule has 0 radical (unpaired) electrons. The van der Waals surface area contributed by atoms with Crippen molar-refractivity contribution in [3.63, 3.8) is 0 Å². The highest BCUT2D eigenvalue weighted by Gasteiger charge is 2.75. The molecule has 37 heavy (non-hydrogen) atoms. The minimum atomic E-state index is -1.29. The number of benzene rings is 1. The summed E-state index contributed by atoms with van der Waals surface area (Å²) in [6.07, 6.45) is 10.8. The van der Waals surface area contributed by atoms with Crippen LogP contribution in [0.25, 0.3) is 0 Å². The number of ether oxygens (including phenoxy) is 2. The van der Waals surface area contributed by atoms with E-state index in [2.05, 4.69) is 0 Å². The number of likely N-dealkylation sites (tertiary alicyclic amines) is 1. The van der Waals surface area contributed by atoms with Gasteiger partial charge < -0.3 is 24.4 Å². The Hall–Kier alpha value is -2.68. The molecule has 5 atom stereocenters. The van der Waals surface area contributed by atoms with Crippen LogP contribution in [0, 0.1) is 11.8 Å². The van der Waals surface area contributed by atoms with Crippen LogP contribution in [0.1, 0.15) is 39.0 Å². The van der Waals surface area contributed by atoms with Gasteiger partial charge in [-0.05, 0) is 49.6 Å². The predicted octanol–water partition coefficient (Wildman–Crippen LogP) is 3.27. The lowest BCUT2D eigenvalue weighted by atomic mass is 9.73. The first-order chi connectivity index (χ1) is 17.9. The number of aliphatic hydroxyl groups excluding tert-OH is 1. The third-order valence-corrected chi connectivity index (χ3v) is 8.39. The van der Waals surface area contributed by atoms with E-state index in [1.165, 1.54) is 0 Å². The van der Waals surface area contributed by atoms with Crippen molar-refractivity contribution in [2.24, 2.45) is 11.8 Å². The summed E-state index contributed by atoms with van der Waals surface area (Å²) in [5.41, 5.74) is -1.65. The minimum absolute atomic E-state index is 0.125. The van der Waals surface area contributed by atoms with Gasteiger partial charge in [0.25, 0.3) is 5.91 Å². The molecule has 1 N–H and O–H groups in total. The van der Waals surface area contributed by atoms with E-state index in [9.17, 15) is 14.4 Å².